The van der Waals surface area contributed by atoms with E-state index in [0.717, 1.165) is 22.5 Å². The van der Waals surface area contributed by atoms with Crippen LogP contribution in [0, 0.1) is 31.1 Å². The fraction of sp³-hybridized carbons (Fsp3) is 0.542. The minimum Gasteiger partial charge on any atom is -0.493 e. The van der Waals surface area contributed by atoms with Gasteiger partial charge in [0.05, 0.1) is 44.5 Å². The summed E-state index contributed by atoms with van der Waals surface area (Å²) in [5.41, 5.74) is 3.97. The molecule has 1 amide bonds. The van der Waals surface area contributed by atoms with E-state index in [1.54, 1.807) is 7.11 Å². The Hall–Kier alpha value is -3.01. The molecule has 0 spiro atoms. The number of amides is 1. The lowest BCUT2D eigenvalue weighted by molar-refractivity contribution is -0.121. The molecule has 0 aliphatic carbocycles. The van der Waals surface area contributed by atoms with Gasteiger partial charge in [-0.05, 0) is 56.4 Å². The molecule has 0 aliphatic heterocycles. The third-order valence-electron chi connectivity index (χ3n) is 5.21. The highest BCUT2D eigenvalue weighted by atomic mass is 16.5. The fourth-order valence-electron chi connectivity index (χ4n) is 3.43. The monoisotopic (exact) mass is 426 g/mol. The number of aromatic nitrogens is 2. The molecule has 0 fully saturated rings. The summed E-state index contributed by atoms with van der Waals surface area (Å²) in [6.45, 7) is 11.3. The number of nitrogens with one attached hydrogen (secondary N) is 1. The van der Waals surface area contributed by atoms with Crippen LogP contribution in [0.5, 0.6) is 11.5 Å². The largest absolute Gasteiger partial charge is 0.493 e. The molecule has 0 radical (unpaired) electrons. The van der Waals surface area contributed by atoms with Crippen LogP contribution in [0.15, 0.2) is 18.2 Å². The summed E-state index contributed by atoms with van der Waals surface area (Å²) in [6, 6.07) is 7.75. The summed E-state index contributed by atoms with van der Waals surface area (Å²) in [6.07, 6.45) is 1.42. The number of aryl methyl sites for hydroxylation is 2. The molecular formula is C24H34N4O3. The van der Waals surface area contributed by atoms with Crippen LogP contribution in [0.2, 0.25) is 0 Å². The highest BCUT2D eigenvalue weighted by molar-refractivity contribution is 5.76. The van der Waals surface area contributed by atoms with Gasteiger partial charge in [0.1, 0.15) is 0 Å². The number of nitriles is 1. The molecular weight excluding hydrogens is 392 g/mol. The predicted molar refractivity (Wildman–Crippen MR) is 120 cm³/mol. The van der Waals surface area contributed by atoms with Gasteiger partial charge in [0.15, 0.2) is 11.5 Å². The Morgan fingerprint density at radius 1 is 1.26 bits per heavy atom. The number of carbonyl (C=O) groups is 1. The second kappa shape index (κ2) is 11.4. The Kier molecular flexibility index (Phi) is 8.92. The van der Waals surface area contributed by atoms with E-state index in [2.05, 4.69) is 30.3 Å². The first-order valence-electron chi connectivity index (χ1n) is 10.8. The number of rotatable bonds is 11. The van der Waals surface area contributed by atoms with Crippen LogP contribution in [0.3, 0.4) is 0 Å². The van der Waals surface area contributed by atoms with E-state index in [1.165, 1.54) is 0 Å². The minimum absolute atomic E-state index is 0.0184. The van der Waals surface area contributed by atoms with Gasteiger partial charge in [-0.1, -0.05) is 19.9 Å². The molecule has 0 saturated heterocycles. The van der Waals surface area contributed by atoms with E-state index in [0.29, 0.717) is 49.8 Å². The van der Waals surface area contributed by atoms with Crippen molar-refractivity contribution < 1.29 is 14.3 Å². The lowest BCUT2D eigenvalue weighted by atomic mass is 10.1. The highest BCUT2D eigenvalue weighted by Crippen LogP contribution is 2.30. The molecule has 1 aromatic carbocycles. The summed E-state index contributed by atoms with van der Waals surface area (Å²) < 4.78 is 13.1. The van der Waals surface area contributed by atoms with Crippen molar-refractivity contribution in [1.82, 2.24) is 15.1 Å². The number of carbonyl (C=O) groups excluding carboxylic acids is 1. The Morgan fingerprint density at radius 3 is 2.65 bits per heavy atom. The zero-order chi connectivity index (χ0) is 23.0. The third kappa shape index (κ3) is 6.74. The quantitative estimate of drug-likeness (QED) is 0.580. The van der Waals surface area contributed by atoms with E-state index in [1.807, 2.05) is 43.7 Å². The Morgan fingerprint density at radius 2 is 2.00 bits per heavy atom. The van der Waals surface area contributed by atoms with E-state index in [4.69, 9.17) is 14.7 Å². The molecule has 2 rings (SSSR count). The Labute approximate surface area is 185 Å². The molecule has 1 atom stereocenters. The van der Waals surface area contributed by atoms with Gasteiger partial charge in [-0.25, -0.2) is 0 Å². The van der Waals surface area contributed by atoms with Crippen LogP contribution < -0.4 is 14.8 Å². The molecule has 168 valence electrons. The van der Waals surface area contributed by atoms with Crippen LogP contribution in [0.4, 0.5) is 0 Å². The highest BCUT2D eigenvalue weighted by Gasteiger charge is 2.16. The maximum absolute atomic E-state index is 12.6. The first kappa shape index (κ1) is 24.3. The van der Waals surface area contributed by atoms with E-state index >= 15 is 0 Å². The average molecular weight is 427 g/mol. The van der Waals surface area contributed by atoms with Gasteiger partial charge in [-0.3, -0.25) is 9.48 Å². The molecule has 1 heterocycles. The lowest BCUT2D eigenvalue weighted by Crippen LogP contribution is -2.27. The molecule has 2 aromatic rings. The van der Waals surface area contributed by atoms with Crippen molar-refractivity contribution in [3.8, 4) is 17.6 Å². The number of hydrogen-bond acceptors (Lipinski definition) is 5. The number of nitrogens with zero attached hydrogens (tertiary/aromatic N) is 3. The zero-order valence-electron chi connectivity index (χ0n) is 19.5. The van der Waals surface area contributed by atoms with Gasteiger partial charge in [0.2, 0.25) is 5.91 Å². The maximum Gasteiger partial charge on any atom is 0.220 e. The first-order valence-corrected chi connectivity index (χ1v) is 10.8. The van der Waals surface area contributed by atoms with Crippen molar-refractivity contribution in [2.75, 3.05) is 13.7 Å². The topological polar surface area (TPSA) is 89.2 Å². The van der Waals surface area contributed by atoms with Crippen molar-refractivity contribution in [3.63, 3.8) is 0 Å². The standard InChI is InChI=1S/C24H34N4O3/c1-16(2)15-31-22-10-8-20(14-23(22)30-6)17(3)26-24(29)11-9-21-18(4)27-28(19(21)5)13-7-12-25/h8,10,14,16-17H,7,9,11,13,15H2,1-6H3,(H,26,29). The summed E-state index contributed by atoms with van der Waals surface area (Å²) in [7, 11) is 1.62. The van der Waals surface area contributed by atoms with Crippen molar-refractivity contribution in [2.24, 2.45) is 5.92 Å². The van der Waals surface area contributed by atoms with E-state index in [-0.39, 0.29) is 11.9 Å². The Balaban J connectivity index is 1.97. The van der Waals surface area contributed by atoms with Gasteiger partial charge in [0.25, 0.3) is 0 Å². The predicted octanol–water partition coefficient (Wildman–Crippen LogP) is 4.27. The molecule has 1 aromatic heterocycles. The summed E-state index contributed by atoms with van der Waals surface area (Å²) in [4.78, 5) is 12.6. The molecule has 7 nitrogen and oxygen atoms in total. The van der Waals surface area contributed by atoms with Gasteiger partial charge >= 0.3 is 0 Å². The van der Waals surface area contributed by atoms with Crippen molar-refractivity contribution in [1.29, 1.82) is 5.26 Å². The van der Waals surface area contributed by atoms with Crippen molar-refractivity contribution in [2.45, 2.75) is 66.5 Å². The number of methoxy groups -OCH3 is 1. The third-order valence-corrected chi connectivity index (χ3v) is 5.21. The van der Waals surface area contributed by atoms with E-state index < -0.39 is 0 Å². The van der Waals surface area contributed by atoms with Crippen LogP contribution in [-0.4, -0.2) is 29.4 Å². The first-order chi connectivity index (χ1) is 14.8. The molecule has 1 N–H and O–H groups in total. The number of benzene rings is 1. The molecule has 31 heavy (non-hydrogen) atoms. The summed E-state index contributed by atoms with van der Waals surface area (Å²) in [5, 5.41) is 16.3. The van der Waals surface area contributed by atoms with Crippen LogP contribution >= 0.6 is 0 Å². The minimum atomic E-state index is -0.152. The number of ether oxygens (including phenoxy) is 2. The van der Waals surface area contributed by atoms with Crippen molar-refractivity contribution >= 4 is 5.91 Å². The van der Waals surface area contributed by atoms with Crippen LogP contribution in [0.1, 0.15) is 62.2 Å². The summed E-state index contributed by atoms with van der Waals surface area (Å²) >= 11 is 0. The molecule has 7 heteroatoms. The average Bonchev–Trinajstić information content (AvgIpc) is 3.01. The van der Waals surface area contributed by atoms with Crippen LogP contribution in [0.25, 0.3) is 0 Å². The summed E-state index contributed by atoms with van der Waals surface area (Å²) in [5.74, 6) is 1.77. The van der Waals surface area contributed by atoms with E-state index in [9.17, 15) is 4.79 Å². The van der Waals surface area contributed by atoms with Crippen molar-refractivity contribution in [3.05, 3.63) is 40.7 Å². The lowest BCUT2D eigenvalue weighted by Gasteiger charge is -2.18. The second-order valence-corrected chi connectivity index (χ2v) is 8.18. The second-order valence-electron chi connectivity index (χ2n) is 8.18. The zero-order valence-corrected chi connectivity index (χ0v) is 19.5. The molecule has 0 saturated carbocycles. The van der Waals surface area contributed by atoms with Crippen LogP contribution in [-0.2, 0) is 17.8 Å². The molecule has 0 bridgehead atoms. The SMILES string of the molecule is COc1cc(C(C)NC(=O)CCc2c(C)nn(CCC#N)c2C)ccc1OCC(C)C. The normalized spacial score (nSPS) is 11.8. The molecule has 0 aliphatic rings. The van der Waals surface area contributed by atoms with Gasteiger partial charge in [-0.15, -0.1) is 0 Å². The number of hydrogen-bond donors (Lipinski definition) is 1. The Bertz CT molecular complexity index is 928. The smallest absolute Gasteiger partial charge is 0.220 e. The molecule has 1 unspecified atom stereocenters. The fourth-order valence-corrected chi connectivity index (χ4v) is 3.43. The van der Waals surface area contributed by atoms with Gasteiger partial charge < -0.3 is 14.8 Å². The van der Waals surface area contributed by atoms with Gasteiger partial charge in [-0.2, -0.15) is 10.4 Å². The maximum atomic E-state index is 12.6. The van der Waals surface area contributed by atoms with Gasteiger partial charge in [0, 0.05) is 12.1 Å².